The summed E-state index contributed by atoms with van der Waals surface area (Å²) in [6.07, 6.45) is -3.02. The summed E-state index contributed by atoms with van der Waals surface area (Å²) in [4.78, 5) is 20.5. The van der Waals surface area contributed by atoms with E-state index in [1.165, 1.54) is 6.20 Å². The zero-order valence-corrected chi connectivity index (χ0v) is 15.2. The van der Waals surface area contributed by atoms with Gasteiger partial charge in [0.25, 0.3) is 0 Å². The summed E-state index contributed by atoms with van der Waals surface area (Å²) in [5.41, 5.74) is -0.518. The number of alkyl halides is 3. The van der Waals surface area contributed by atoms with Crippen LogP contribution in [0.2, 0.25) is 0 Å². The summed E-state index contributed by atoms with van der Waals surface area (Å²) in [7, 11) is 1.65. The third kappa shape index (κ3) is 4.59. The molecule has 1 aliphatic rings. The highest BCUT2D eigenvalue weighted by molar-refractivity contribution is 5.79. The van der Waals surface area contributed by atoms with Crippen LogP contribution >= 0.6 is 0 Å². The lowest BCUT2D eigenvalue weighted by molar-refractivity contribution is -0.144. The van der Waals surface area contributed by atoms with E-state index in [0.717, 1.165) is 30.3 Å². The normalized spacial score (nSPS) is 16.2. The Morgan fingerprint density at radius 2 is 1.96 bits per heavy atom. The van der Waals surface area contributed by atoms with Gasteiger partial charge in [0.1, 0.15) is 11.3 Å². The van der Waals surface area contributed by atoms with E-state index in [-0.39, 0.29) is 24.5 Å². The summed E-state index contributed by atoms with van der Waals surface area (Å²) in [6.45, 7) is 4.07. The molecule has 2 aromatic heterocycles. The molecule has 27 heavy (non-hydrogen) atoms. The van der Waals surface area contributed by atoms with Crippen LogP contribution in [0.4, 0.5) is 13.2 Å². The van der Waals surface area contributed by atoms with Crippen LogP contribution in [-0.2, 0) is 22.3 Å². The van der Waals surface area contributed by atoms with E-state index in [9.17, 15) is 18.0 Å². The Morgan fingerprint density at radius 3 is 2.63 bits per heavy atom. The Kier molecular flexibility index (Phi) is 6.01. The minimum Gasteiger partial charge on any atom is -0.383 e. The first-order valence-corrected chi connectivity index (χ1v) is 8.90. The van der Waals surface area contributed by atoms with E-state index in [1.54, 1.807) is 24.1 Å². The zero-order valence-electron chi connectivity index (χ0n) is 15.2. The van der Waals surface area contributed by atoms with E-state index >= 15 is 0 Å². The van der Waals surface area contributed by atoms with Crippen molar-refractivity contribution in [3.63, 3.8) is 0 Å². The van der Waals surface area contributed by atoms with Gasteiger partial charge in [-0.25, -0.2) is 4.98 Å². The van der Waals surface area contributed by atoms with Crippen LogP contribution in [-0.4, -0.2) is 71.7 Å². The van der Waals surface area contributed by atoms with Crippen molar-refractivity contribution in [1.82, 2.24) is 19.4 Å². The third-order valence-corrected chi connectivity index (χ3v) is 4.83. The maximum Gasteiger partial charge on any atom is 0.431 e. The van der Waals surface area contributed by atoms with Crippen LogP contribution in [0.5, 0.6) is 0 Å². The predicted molar refractivity (Wildman–Crippen MR) is 94.2 cm³/mol. The molecular formula is C18H23F3N4O2. The van der Waals surface area contributed by atoms with Crippen molar-refractivity contribution in [3.8, 4) is 0 Å². The predicted octanol–water partition coefficient (Wildman–Crippen LogP) is 2.24. The summed E-state index contributed by atoms with van der Waals surface area (Å²) in [5, 5.41) is 0.420. The van der Waals surface area contributed by atoms with Crippen molar-refractivity contribution in [2.75, 3.05) is 46.4 Å². The van der Waals surface area contributed by atoms with Crippen LogP contribution in [0.15, 0.2) is 24.4 Å². The fourth-order valence-corrected chi connectivity index (χ4v) is 3.35. The van der Waals surface area contributed by atoms with Crippen molar-refractivity contribution < 1.29 is 22.7 Å². The largest absolute Gasteiger partial charge is 0.431 e. The average molecular weight is 384 g/mol. The first kappa shape index (κ1) is 19.6. The van der Waals surface area contributed by atoms with Gasteiger partial charge >= 0.3 is 6.18 Å². The molecular weight excluding hydrogens is 361 g/mol. The number of ether oxygens (including phenoxy) is 1. The van der Waals surface area contributed by atoms with Gasteiger partial charge in [-0.2, -0.15) is 13.2 Å². The van der Waals surface area contributed by atoms with Gasteiger partial charge in [0.2, 0.25) is 5.91 Å². The van der Waals surface area contributed by atoms with Crippen molar-refractivity contribution in [2.24, 2.45) is 0 Å². The molecule has 0 atom stereocenters. The molecule has 0 unspecified atom stereocenters. The standard InChI is InChI=1S/C18H23F3N4O2/c1-27-12-11-23-7-9-24(10-8-23)16(26)4-6-25-15(18(19,20)21)13-14-3-2-5-22-17(14)25/h2-3,5,13H,4,6-12H2,1H3. The summed E-state index contributed by atoms with van der Waals surface area (Å²) in [6, 6.07) is 4.28. The molecule has 9 heteroatoms. The molecule has 0 bridgehead atoms. The van der Waals surface area contributed by atoms with Crippen molar-refractivity contribution >= 4 is 16.9 Å². The van der Waals surface area contributed by atoms with E-state index in [4.69, 9.17) is 4.74 Å². The van der Waals surface area contributed by atoms with E-state index in [1.807, 2.05) is 0 Å². The molecule has 0 radical (unpaired) electrons. The number of carbonyl (C=O) groups is 1. The quantitative estimate of drug-likeness (QED) is 0.767. The van der Waals surface area contributed by atoms with Gasteiger partial charge in [0, 0.05) is 64.4 Å². The Hall–Kier alpha value is -2.13. The zero-order chi connectivity index (χ0) is 19.4. The number of halogens is 3. The highest BCUT2D eigenvalue weighted by Crippen LogP contribution is 2.33. The topological polar surface area (TPSA) is 50.6 Å². The number of rotatable bonds is 6. The van der Waals surface area contributed by atoms with Gasteiger partial charge in [0.15, 0.2) is 0 Å². The summed E-state index contributed by atoms with van der Waals surface area (Å²) >= 11 is 0. The van der Waals surface area contributed by atoms with Crippen LogP contribution in [0, 0.1) is 0 Å². The molecule has 1 saturated heterocycles. The minimum absolute atomic E-state index is 0.0154. The van der Waals surface area contributed by atoms with Crippen molar-refractivity contribution in [3.05, 3.63) is 30.1 Å². The van der Waals surface area contributed by atoms with E-state index in [2.05, 4.69) is 9.88 Å². The molecule has 1 aliphatic heterocycles. The van der Waals surface area contributed by atoms with Crippen LogP contribution in [0.1, 0.15) is 12.1 Å². The maximum atomic E-state index is 13.4. The monoisotopic (exact) mass is 384 g/mol. The molecule has 0 saturated carbocycles. The maximum absolute atomic E-state index is 13.4. The third-order valence-electron chi connectivity index (χ3n) is 4.83. The Morgan fingerprint density at radius 1 is 1.22 bits per heavy atom. The Balaban J connectivity index is 1.64. The van der Waals surface area contributed by atoms with E-state index in [0.29, 0.717) is 25.1 Å². The number of hydrogen-bond donors (Lipinski definition) is 0. The van der Waals surface area contributed by atoms with Gasteiger partial charge in [-0.3, -0.25) is 9.69 Å². The molecule has 1 amide bonds. The molecule has 0 N–H and O–H groups in total. The molecule has 148 valence electrons. The Bertz CT molecular complexity index is 782. The molecule has 0 aromatic carbocycles. The smallest absolute Gasteiger partial charge is 0.383 e. The van der Waals surface area contributed by atoms with Gasteiger partial charge < -0.3 is 14.2 Å². The number of aromatic nitrogens is 2. The van der Waals surface area contributed by atoms with Crippen LogP contribution < -0.4 is 0 Å². The van der Waals surface area contributed by atoms with Gasteiger partial charge in [-0.1, -0.05) is 0 Å². The molecule has 3 rings (SSSR count). The lowest BCUT2D eigenvalue weighted by Gasteiger charge is -2.34. The average Bonchev–Trinajstić information content (AvgIpc) is 3.04. The molecule has 3 heterocycles. The second-order valence-electron chi connectivity index (χ2n) is 6.56. The van der Waals surface area contributed by atoms with Crippen molar-refractivity contribution in [1.29, 1.82) is 0 Å². The number of fused-ring (bicyclic) bond motifs is 1. The number of hydrogen-bond acceptors (Lipinski definition) is 4. The van der Waals surface area contributed by atoms with Gasteiger partial charge in [0.05, 0.1) is 6.61 Å². The van der Waals surface area contributed by atoms with Crippen LogP contribution in [0.3, 0.4) is 0 Å². The fraction of sp³-hybridized carbons (Fsp3) is 0.556. The fourth-order valence-electron chi connectivity index (χ4n) is 3.35. The van der Waals surface area contributed by atoms with E-state index < -0.39 is 11.9 Å². The minimum atomic E-state index is -4.49. The first-order valence-electron chi connectivity index (χ1n) is 8.90. The molecule has 6 nitrogen and oxygen atoms in total. The molecule has 2 aromatic rings. The number of amides is 1. The lowest BCUT2D eigenvalue weighted by atomic mass is 10.2. The molecule has 0 aliphatic carbocycles. The summed E-state index contributed by atoms with van der Waals surface area (Å²) < 4.78 is 46.2. The number of nitrogens with zero attached hydrogens (tertiary/aromatic N) is 4. The van der Waals surface area contributed by atoms with Crippen LogP contribution in [0.25, 0.3) is 11.0 Å². The number of aryl methyl sites for hydroxylation is 1. The molecule has 1 fully saturated rings. The lowest BCUT2D eigenvalue weighted by Crippen LogP contribution is -2.49. The Labute approximate surface area is 155 Å². The van der Waals surface area contributed by atoms with Gasteiger partial charge in [-0.15, -0.1) is 0 Å². The second-order valence-corrected chi connectivity index (χ2v) is 6.56. The highest BCUT2D eigenvalue weighted by Gasteiger charge is 2.35. The summed E-state index contributed by atoms with van der Waals surface area (Å²) in [5.74, 6) is -0.132. The number of methoxy groups -OCH3 is 1. The van der Waals surface area contributed by atoms with Gasteiger partial charge in [-0.05, 0) is 18.2 Å². The number of piperazine rings is 1. The molecule has 0 spiro atoms. The number of pyridine rings is 1. The number of carbonyl (C=O) groups excluding carboxylic acids is 1. The SMILES string of the molecule is COCCN1CCN(C(=O)CCn2c(C(F)(F)F)cc3cccnc32)CC1. The second kappa shape index (κ2) is 8.26. The van der Waals surface area contributed by atoms with Crippen molar-refractivity contribution in [2.45, 2.75) is 19.1 Å². The highest BCUT2D eigenvalue weighted by atomic mass is 19.4. The first-order chi connectivity index (χ1) is 12.9.